The number of hydrogen-bond donors (Lipinski definition) is 1. The first-order chi connectivity index (χ1) is 11.6. The molecule has 2 aromatic carbocycles. The van der Waals surface area contributed by atoms with Gasteiger partial charge in [0.05, 0.1) is 17.5 Å². The van der Waals surface area contributed by atoms with Gasteiger partial charge in [-0.2, -0.15) is 0 Å². The van der Waals surface area contributed by atoms with Crippen molar-refractivity contribution in [2.24, 2.45) is 0 Å². The van der Waals surface area contributed by atoms with Gasteiger partial charge in [-0.25, -0.2) is 4.98 Å². The van der Waals surface area contributed by atoms with Crippen LogP contribution in [0, 0.1) is 6.92 Å². The van der Waals surface area contributed by atoms with Crippen LogP contribution < -0.4 is 0 Å². The number of rotatable bonds is 6. The van der Waals surface area contributed by atoms with Gasteiger partial charge in [0.2, 0.25) is 0 Å². The first kappa shape index (κ1) is 16.2. The lowest BCUT2D eigenvalue weighted by molar-refractivity contribution is -0.136. The van der Waals surface area contributed by atoms with Crippen LogP contribution in [-0.4, -0.2) is 20.6 Å². The van der Waals surface area contributed by atoms with E-state index in [2.05, 4.69) is 36.6 Å². The zero-order valence-electron chi connectivity index (χ0n) is 14.1. The second kappa shape index (κ2) is 6.87. The maximum absolute atomic E-state index is 11.0. The Bertz CT molecular complexity index is 880. The fraction of sp³-hybridized carbons (Fsp3) is 0.300. The number of aromatic nitrogens is 2. The van der Waals surface area contributed by atoms with Gasteiger partial charge >= 0.3 is 5.97 Å². The van der Waals surface area contributed by atoms with Gasteiger partial charge < -0.3 is 9.67 Å². The fourth-order valence-electron chi connectivity index (χ4n) is 3.01. The largest absolute Gasteiger partial charge is 0.481 e. The number of carbonyl (C=O) groups is 1. The number of aryl methyl sites for hydroxylation is 2. The summed E-state index contributed by atoms with van der Waals surface area (Å²) in [6, 6.07) is 14.1. The molecule has 0 unspecified atom stereocenters. The maximum Gasteiger partial charge on any atom is 0.307 e. The van der Waals surface area contributed by atoms with E-state index in [-0.39, 0.29) is 6.42 Å². The van der Waals surface area contributed by atoms with Crippen LogP contribution in [0.3, 0.4) is 0 Å². The Labute approximate surface area is 141 Å². The summed E-state index contributed by atoms with van der Waals surface area (Å²) < 4.78 is 2.25. The second-order valence-corrected chi connectivity index (χ2v) is 6.20. The summed E-state index contributed by atoms with van der Waals surface area (Å²) in [5.41, 5.74) is 5.01. The molecule has 3 aromatic rings. The van der Waals surface area contributed by atoms with E-state index in [4.69, 9.17) is 10.1 Å². The monoisotopic (exact) mass is 322 g/mol. The van der Waals surface area contributed by atoms with Crippen LogP contribution in [0.2, 0.25) is 0 Å². The van der Waals surface area contributed by atoms with Gasteiger partial charge in [0.25, 0.3) is 0 Å². The Morgan fingerprint density at radius 2 is 2.04 bits per heavy atom. The van der Waals surface area contributed by atoms with Crippen molar-refractivity contribution in [3.8, 4) is 11.4 Å². The maximum atomic E-state index is 11.0. The second-order valence-electron chi connectivity index (χ2n) is 6.20. The molecule has 0 bridgehead atoms. The number of nitrogens with zero attached hydrogens (tertiary/aromatic N) is 2. The van der Waals surface area contributed by atoms with Gasteiger partial charge in [0.1, 0.15) is 5.82 Å². The van der Waals surface area contributed by atoms with Crippen LogP contribution in [0.4, 0.5) is 0 Å². The lowest BCUT2D eigenvalue weighted by Gasteiger charge is -2.09. The highest BCUT2D eigenvalue weighted by molar-refractivity contribution is 5.82. The number of benzene rings is 2. The number of carboxylic acids is 1. The predicted octanol–water partition coefficient (Wildman–Crippen LogP) is 4.44. The van der Waals surface area contributed by atoms with Gasteiger partial charge in [-0.1, -0.05) is 43.2 Å². The lowest BCUT2D eigenvalue weighted by atomic mass is 10.1. The smallest absolute Gasteiger partial charge is 0.307 e. The van der Waals surface area contributed by atoms with E-state index in [1.807, 2.05) is 24.3 Å². The first-order valence-electron chi connectivity index (χ1n) is 8.36. The summed E-state index contributed by atoms with van der Waals surface area (Å²) in [5.74, 6) is 0.133. The van der Waals surface area contributed by atoms with Gasteiger partial charge in [0, 0.05) is 12.1 Å². The van der Waals surface area contributed by atoms with Crippen molar-refractivity contribution < 1.29 is 9.90 Å². The van der Waals surface area contributed by atoms with Crippen molar-refractivity contribution in [2.75, 3.05) is 0 Å². The molecular weight excluding hydrogens is 300 g/mol. The molecule has 0 fully saturated rings. The molecule has 1 aromatic heterocycles. The third-order valence-electron chi connectivity index (χ3n) is 4.18. The van der Waals surface area contributed by atoms with Crippen LogP contribution >= 0.6 is 0 Å². The Kier molecular flexibility index (Phi) is 4.65. The molecule has 124 valence electrons. The minimum atomic E-state index is -0.821. The van der Waals surface area contributed by atoms with E-state index in [0.29, 0.717) is 0 Å². The number of unbranched alkanes of at least 4 members (excludes halogenated alkanes) is 1. The molecule has 1 heterocycles. The van der Waals surface area contributed by atoms with E-state index < -0.39 is 5.97 Å². The number of fused-ring (bicyclic) bond motifs is 1. The molecule has 4 nitrogen and oxygen atoms in total. The molecule has 24 heavy (non-hydrogen) atoms. The topological polar surface area (TPSA) is 55.1 Å². The van der Waals surface area contributed by atoms with Crippen LogP contribution in [0.15, 0.2) is 42.5 Å². The molecule has 0 amide bonds. The molecule has 0 saturated heterocycles. The van der Waals surface area contributed by atoms with Crippen LogP contribution in [0.1, 0.15) is 30.9 Å². The minimum absolute atomic E-state index is 0.0253. The molecular formula is C20H22N2O2. The molecule has 0 aliphatic rings. The zero-order chi connectivity index (χ0) is 17.1. The summed E-state index contributed by atoms with van der Waals surface area (Å²) in [6.07, 6.45) is 2.22. The molecule has 0 aliphatic carbocycles. The summed E-state index contributed by atoms with van der Waals surface area (Å²) in [4.78, 5) is 15.8. The quantitative estimate of drug-likeness (QED) is 0.730. The van der Waals surface area contributed by atoms with E-state index in [1.54, 1.807) is 0 Å². The van der Waals surface area contributed by atoms with E-state index in [9.17, 15) is 4.79 Å². The van der Waals surface area contributed by atoms with Crippen molar-refractivity contribution in [2.45, 2.75) is 39.7 Å². The average molecular weight is 322 g/mol. The summed E-state index contributed by atoms with van der Waals surface area (Å²) in [5, 5.41) is 9.00. The predicted molar refractivity (Wildman–Crippen MR) is 96.2 cm³/mol. The molecule has 3 rings (SSSR count). The summed E-state index contributed by atoms with van der Waals surface area (Å²) in [7, 11) is 0. The van der Waals surface area contributed by atoms with Crippen molar-refractivity contribution in [3.05, 3.63) is 53.6 Å². The third-order valence-corrected chi connectivity index (χ3v) is 4.18. The van der Waals surface area contributed by atoms with E-state index in [1.165, 1.54) is 5.56 Å². The number of imidazole rings is 1. The van der Waals surface area contributed by atoms with Crippen molar-refractivity contribution in [1.29, 1.82) is 0 Å². The SMILES string of the molecule is CCCCn1c(-c2cccc(C)c2)nc2cc(CC(=O)O)ccc21. The van der Waals surface area contributed by atoms with Gasteiger partial charge in [-0.15, -0.1) is 0 Å². The number of hydrogen-bond acceptors (Lipinski definition) is 2. The molecule has 4 heteroatoms. The summed E-state index contributed by atoms with van der Waals surface area (Å²) in [6.45, 7) is 5.17. The lowest BCUT2D eigenvalue weighted by Crippen LogP contribution is -2.01. The third kappa shape index (κ3) is 3.32. The normalized spacial score (nSPS) is 11.1. The Hall–Kier alpha value is -2.62. The fourth-order valence-corrected chi connectivity index (χ4v) is 3.01. The van der Waals surface area contributed by atoms with Gasteiger partial charge in [0.15, 0.2) is 0 Å². The summed E-state index contributed by atoms with van der Waals surface area (Å²) >= 11 is 0. The van der Waals surface area contributed by atoms with Crippen molar-refractivity contribution in [3.63, 3.8) is 0 Å². The molecule has 1 N–H and O–H groups in total. The first-order valence-corrected chi connectivity index (χ1v) is 8.36. The Morgan fingerprint density at radius 1 is 1.21 bits per heavy atom. The Morgan fingerprint density at radius 3 is 2.75 bits per heavy atom. The molecule has 0 radical (unpaired) electrons. The van der Waals surface area contributed by atoms with Crippen molar-refractivity contribution >= 4 is 17.0 Å². The standard InChI is InChI=1S/C20H22N2O2/c1-3-4-10-22-18-9-8-15(13-19(23)24)12-17(18)21-20(22)16-7-5-6-14(2)11-16/h5-9,11-12H,3-4,10,13H2,1-2H3,(H,23,24). The van der Waals surface area contributed by atoms with Crippen LogP contribution in [0.25, 0.3) is 22.4 Å². The highest BCUT2D eigenvalue weighted by Gasteiger charge is 2.13. The van der Waals surface area contributed by atoms with Crippen molar-refractivity contribution in [1.82, 2.24) is 9.55 Å². The molecule has 0 saturated carbocycles. The van der Waals surface area contributed by atoms with Gasteiger partial charge in [-0.3, -0.25) is 4.79 Å². The average Bonchev–Trinajstić information content (AvgIpc) is 2.90. The van der Waals surface area contributed by atoms with Crippen LogP contribution in [0.5, 0.6) is 0 Å². The van der Waals surface area contributed by atoms with E-state index >= 15 is 0 Å². The Balaban J connectivity index is 2.13. The van der Waals surface area contributed by atoms with E-state index in [0.717, 1.165) is 47.4 Å². The van der Waals surface area contributed by atoms with Gasteiger partial charge in [-0.05, 0) is 37.1 Å². The molecule has 0 spiro atoms. The minimum Gasteiger partial charge on any atom is -0.481 e. The zero-order valence-corrected chi connectivity index (χ0v) is 14.1. The van der Waals surface area contributed by atoms with Crippen LogP contribution in [-0.2, 0) is 17.8 Å². The highest BCUT2D eigenvalue weighted by atomic mass is 16.4. The molecule has 0 aliphatic heterocycles. The number of carboxylic acid groups (broad SMARTS) is 1. The highest BCUT2D eigenvalue weighted by Crippen LogP contribution is 2.27. The molecule has 0 atom stereocenters. The number of aliphatic carboxylic acids is 1.